The molecule has 0 spiro atoms. The van der Waals surface area contributed by atoms with Crippen LogP contribution in [0.4, 0.5) is 79.0 Å². The second-order valence-corrected chi connectivity index (χ2v) is 4.50. The summed E-state index contributed by atoms with van der Waals surface area (Å²) in [6, 6.07) is -3.94. The van der Waals surface area contributed by atoms with Crippen molar-refractivity contribution in [3.63, 3.8) is 0 Å². The summed E-state index contributed by atoms with van der Waals surface area (Å²) >= 11 is 0. The van der Waals surface area contributed by atoms with Crippen LogP contribution in [0, 0.1) is 0 Å². The Bertz CT molecular complexity index is 644. The molecular formula is C9F18O3. The maximum atomic E-state index is 13.0. The van der Waals surface area contributed by atoms with Gasteiger partial charge in [-0.15, -0.1) is 13.2 Å². The van der Waals surface area contributed by atoms with Gasteiger partial charge < -0.3 is 4.74 Å². The monoisotopic (exact) mass is 498 g/mol. The molecule has 0 radical (unpaired) electrons. The topological polar surface area (TPSA) is 27.7 Å². The Kier molecular flexibility index (Phi) is 7.25. The van der Waals surface area contributed by atoms with Crippen LogP contribution in [0.3, 0.4) is 0 Å². The third-order valence-corrected chi connectivity index (χ3v) is 2.33. The van der Waals surface area contributed by atoms with Crippen molar-refractivity contribution in [3.05, 3.63) is 12.1 Å². The molecule has 0 aromatic carbocycles. The molecule has 0 rings (SSSR count). The molecule has 0 aliphatic carbocycles. The average Bonchev–Trinajstić information content (AvgIpc) is 2.41. The fraction of sp³-hybridized carbons (Fsp3) is 0.778. The maximum absolute atomic E-state index is 13.0. The molecule has 3 nitrogen and oxygen atoms in total. The van der Waals surface area contributed by atoms with Gasteiger partial charge in [-0.05, 0) is 0 Å². The van der Waals surface area contributed by atoms with Gasteiger partial charge in [0.25, 0.3) is 0 Å². The number of ether oxygens (including phenoxy) is 3. The van der Waals surface area contributed by atoms with E-state index in [1.54, 1.807) is 0 Å². The van der Waals surface area contributed by atoms with Crippen molar-refractivity contribution in [2.45, 2.75) is 42.6 Å². The predicted octanol–water partition coefficient (Wildman–Crippen LogP) is 6.23. The fourth-order valence-electron chi connectivity index (χ4n) is 1.07. The normalized spacial score (nSPS) is 15.3. The number of hydrogen-bond acceptors (Lipinski definition) is 3. The highest BCUT2D eigenvalue weighted by Crippen LogP contribution is 2.56. The van der Waals surface area contributed by atoms with Gasteiger partial charge in [-0.1, -0.05) is 0 Å². The van der Waals surface area contributed by atoms with Gasteiger partial charge in [-0.25, -0.2) is 9.47 Å². The van der Waals surface area contributed by atoms with Gasteiger partial charge in [0.05, 0.1) is 0 Å². The smallest absolute Gasteiger partial charge is 0.396 e. The van der Waals surface area contributed by atoms with Crippen LogP contribution in [0.1, 0.15) is 0 Å². The van der Waals surface area contributed by atoms with Crippen molar-refractivity contribution in [2.75, 3.05) is 0 Å². The standard InChI is InChI=1S/C9F18O3/c10-1(11)2(12)28-7(21,22)8(23,24)29-5(17,18)3(13,14)4(15,16)6(19,20)30-9(25,26)27. The second-order valence-electron chi connectivity index (χ2n) is 4.50. The first-order chi connectivity index (χ1) is 12.7. The van der Waals surface area contributed by atoms with Crippen LogP contribution in [-0.4, -0.2) is 42.6 Å². The zero-order valence-corrected chi connectivity index (χ0v) is 12.5. The summed E-state index contributed by atoms with van der Waals surface area (Å²) in [5, 5.41) is 0. The van der Waals surface area contributed by atoms with Crippen molar-refractivity contribution in [1.29, 1.82) is 0 Å². The van der Waals surface area contributed by atoms with Crippen LogP contribution in [0.25, 0.3) is 0 Å². The molecule has 0 saturated heterocycles. The van der Waals surface area contributed by atoms with Crippen LogP contribution in [0.5, 0.6) is 0 Å². The number of rotatable bonds is 9. The minimum atomic E-state index is -8.19. The van der Waals surface area contributed by atoms with Crippen molar-refractivity contribution < 1.29 is 93.2 Å². The van der Waals surface area contributed by atoms with E-state index < -0.39 is 54.7 Å². The van der Waals surface area contributed by atoms with E-state index >= 15 is 0 Å². The molecule has 0 aliphatic heterocycles. The molecule has 0 aliphatic rings. The van der Waals surface area contributed by atoms with Crippen LogP contribution in [0.2, 0.25) is 0 Å². The molecule has 21 heteroatoms. The van der Waals surface area contributed by atoms with E-state index in [1.807, 2.05) is 4.74 Å². The SMILES string of the molecule is FC(F)=C(F)OC(F)(F)C(F)(F)OC(F)(F)C(F)(F)C(F)(F)C(F)(F)OC(F)(F)F. The third-order valence-electron chi connectivity index (χ3n) is 2.33. The average molecular weight is 498 g/mol. The molecule has 0 atom stereocenters. The van der Waals surface area contributed by atoms with Gasteiger partial charge in [0.15, 0.2) is 0 Å². The van der Waals surface area contributed by atoms with E-state index in [-0.39, 0.29) is 0 Å². The summed E-state index contributed by atoms with van der Waals surface area (Å²) in [6.07, 6.45) is -41.0. The Labute approximate surface area is 149 Å². The summed E-state index contributed by atoms with van der Waals surface area (Å²) in [7, 11) is 0. The fourth-order valence-corrected chi connectivity index (χ4v) is 1.07. The largest absolute Gasteiger partial charge is 0.527 e. The van der Waals surface area contributed by atoms with Gasteiger partial charge in [0, 0.05) is 0 Å². The van der Waals surface area contributed by atoms with E-state index in [0.29, 0.717) is 0 Å². The van der Waals surface area contributed by atoms with Gasteiger partial charge in [-0.3, -0.25) is 0 Å². The Morgan fingerprint density at radius 2 is 0.767 bits per heavy atom. The van der Waals surface area contributed by atoms with Gasteiger partial charge in [0.1, 0.15) is 0 Å². The van der Waals surface area contributed by atoms with Crippen molar-refractivity contribution in [1.82, 2.24) is 0 Å². The summed E-state index contributed by atoms with van der Waals surface area (Å²) in [6.45, 7) is 0. The van der Waals surface area contributed by atoms with Gasteiger partial charge in [0.2, 0.25) is 0 Å². The Morgan fingerprint density at radius 1 is 0.433 bits per heavy atom. The zero-order valence-electron chi connectivity index (χ0n) is 12.5. The number of alkyl halides is 15. The third kappa shape index (κ3) is 5.46. The summed E-state index contributed by atoms with van der Waals surface area (Å²) in [4.78, 5) is 0. The first-order valence-electron chi connectivity index (χ1n) is 5.88. The van der Waals surface area contributed by atoms with E-state index in [2.05, 4.69) is 0 Å². The Morgan fingerprint density at radius 3 is 1.07 bits per heavy atom. The lowest BCUT2D eigenvalue weighted by molar-refractivity contribution is -0.541. The molecule has 0 saturated carbocycles. The molecule has 0 amide bonds. The molecule has 0 fully saturated rings. The first-order valence-corrected chi connectivity index (χ1v) is 5.88. The highest BCUT2D eigenvalue weighted by Gasteiger charge is 2.86. The molecule has 30 heavy (non-hydrogen) atoms. The Hall–Kier alpha value is -1.80. The highest BCUT2D eigenvalue weighted by atomic mass is 19.4. The predicted molar refractivity (Wildman–Crippen MR) is 49.3 cm³/mol. The lowest BCUT2D eigenvalue weighted by Gasteiger charge is -2.37. The zero-order chi connectivity index (χ0) is 24.8. The summed E-state index contributed by atoms with van der Waals surface area (Å²) < 4.78 is 228. The minimum absolute atomic E-state index is 1.20. The lowest BCUT2D eigenvalue weighted by Crippen LogP contribution is -2.66. The van der Waals surface area contributed by atoms with Crippen LogP contribution in [0.15, 0.2) is 12.1 Å². The lowest BCUT2D eigenvalue weighted by atomic mass is 10.1. The summed E-state index contributed by atoms with van der Waals surface area (Å²) in [5.74, 6) is -16.3. The molecular weight excluding hydrogens is 498 g/mol. The van der Waals surface area contributed by atoms with E-state index in [9.17, 15) is 79.0 Å². The molecule has 180 valence electrons. The maximum Gasteiger partial charge on any atom is 0.527 e. The molecule has 0 N–H and O–H groups in total. The van der Waals surface area contributed by atoms with Crippen molar-refractivity contribution in [2.24, 2.45) is 0 Å². The molecule has 0 aromatic heterocycles. The highest BCUT2D eigenvalue weighted by molar-refractivity contribution is 4.98. The van der Waals surface area contributed by atoms with Crippen LogP contribution in [-0.2, 0) is 14.2 Å². The first kappa shape index (κ1) is 28.2. The van der Waals surface area contributed by atoms with Crippen LogP contribution < -0.4 is 0 Å². The minimum Gasteiger partial charge on any atom is -0.396 e. The van der Waals surface area contributed by atoms with Crippen molar-refractivity contribution >= 4 is 0 Å². The molecule has 0 aromatic rings. The number of hydrogen-bond donors (Lipinski definition) is 0. The second kappa shape index (κ2) is 7.71. The quantitative estimate of drug-likeness (QED) is 0.279. The number of halogens is 18. The molecule has 0 bridgehead atoms. The molecule has 0 unspecified atom stereocenters. The Balaban J connectivity index is 6.07. The summed E-state index contributed by atoms with van der Waals surface area (Å²) in [5.41, 5.74) is 0. The van der Waals surface area contributed by atoms with Gasteiger partial charge >= 0.3 is 54.7 Å². The van der Waals surface area contributed by atoms with E-state index in [0.717, 1.165) is 0 Å². The van der Waals surface area contributed by atoms with Gasteiger partial charge in [-0.2, -0.15) is 65.9 Å². The molecule has 0 heterocycles. The van der Waals surface area contributed by atoms with E-state index in [4.69, 9.17) is 0 Å². The van der Waals surface area contributed by atoms with E-state index in [1.165, 1.54) is 9.47 Å². The van der Waals surface area contributed by atoms with Crippen molar-refractivity contribution in [3.8, 4) is 0 Å². The van der Waals surface area contributed by atoms with Crippen LogP contribution >= 0.6 is 0 Å².